The van der Waals surface area contributed by atoms with Gasteiger partial charge in [0, 0.05) is 13.0 Å². The zero-order valence-electron chi connectivity index (χ0n) is 22.5. The number of methoxy groups -OCH3 is 1. The summed E-state index contributed by atoms with van der Waals surface area (Å²) in [5.74, 6) is 1.46. The van der Waals surface area contributed by atoms with E-state index in [9.17, 15) is 9.59 Å². The fraction of sp³-hybridized carbons (Fsp3) is 0.577. The standard InChI is InChI=1S/C24H34BN3O3.C2H5NO2/c1-16(2)14-21(29)28-13-7-8-20(28)22-26-15-19(27-22)17-9-11-18(12-10-17)25-30-23(3,4)24(5,6)31-25;1-5-2(3)4/h9-12,15-16,20H,7-8,13-14H2,1-6H3,(H,26,27);1H3,(H2,3,4). The molecule has 2 aliphatic rings. The Morgan fingerprint density at radius 2 is 1.78 bits per heavy atom. The monoisotopic (exact) mass is 498 g/mol. The van der Waals surface area contributed by atoms with Crippen LogP contribution in [0, 0.1) is 5.92 Å². The van der Waals surface area contributed by atoms with Gasteiger partial charge in [-0.3, -0.25) is 4.79 Å². The van der Waals surface area contributed by atoms with Gasteiger partial charge in [0.15, 0.2) is 0 Å². The van der Waals surface area contributed by atoms with Gasteiger partial charge in [-0.05, 0) is 57.5 Å². The highest BCUT2D eigenvalue weighted by Crippen LogP contribution is 2.37. The van der Waals surface area contributed by atoms with Crippen molar-refractivity contribution in [3.05, 3.63) is 36.3 Å². The number of aromatic amines is 1. The predicted octanol–water partition coefficient (Wildman–Crippen LogP) is 3.80. The topological polar surface area (TPSA) is 120 Å². The average molecular weight is 498 g/mol. The van der Waals surface area contributed by atoms with Crippen molar-refractivity contribution in [2.24, 2.45) is 11.7 Å². The van der Waals surface area contributed by atoms with E-state index in [0.29, 0.717) is 12.3 Å². The number of imidazole rings is 1. The number of ether oxygens (including phenoxy) is 1. The fourth-order valence-corrected chi connectivity index (χ4v) is 4.27. The first-order chi connectivity index (χ1) is 16.8. The molecule has 2 saturated heterocycles. The van der Waals surface area contributed by atoms with E-state index < -0.39 is 6.09 Å². The number of aromatic nitrogens is 2. The van der Waals surface area contributed by atoms with E-state index >= 15 is 0 Å². The molecule has 1 atom stereocenters. The first kappa shape index (κ1) is 27.7. The predicted molar refractivity (Wildman–Crippen MR) is 139 cm³/mol. The molecular formula is C26H39BN4O5. The zero-order chi connectivity index (χ0) is 26.7. The smallest absolute Gasteiger partial charge is 0.453 e. The van der Waals surface area contributed by atoms with Crippen LogP contribution in [-0.4, -0.2) is 58.8 Å². The number of carbonyl (C=O) groups is 2. The van der Waals surface area contributed by atoms with E-state index in [0.717, 1.165) is 41.9 Å². The Kier molecular flexibility index (Phi) is 8.51. The van der Waals surface area contributed by atoms with Crippen molar-refractivity contribution in [3.8, 4) is 11.3 Å². The summed E-state index contributed by atoms with van der Waals surface area (Å²) in [6.45, 7) is 13.2. The molecule has 0 aliphatic carbocycles. The summed E-state index contributed by atoms with van der Waals surface area (Å²) in [7, 11) is 0.859. The van der Waals surface area contributed by atoms with E-state index in [2.05, 4.69) is 74.1 Å². The number of amides is 2. The molecular weight excluding hydrogens is 459 g/mol. The Labute approximate surface area is 214 Å². The Bertz CT molecular complexity index is 1030. The molecule has 4 rings (SSSR count). The van der Waals surface area contributed by atoms with Crippen molar-refractivity contribution in [1.29, 1.82) is 0 Å². The van der Waals surface area contributed by atoms with E-state index in [1.807, 2.05) is 23.2 Å². The maximum Gasteiger partial charge on any atom is 0.494 e. The number of rotatable bonds is 5. The summed E-state index contributed by atoms with van der Waals surface area (Å²) in [6.07, 6.45) is 3.68. The van der Waals surface area contributed by atoms with Gasteiger partial charge in [-0.15, -0.1) is 0 Å². The van der Waals surface area contributed by atoms with Crippen molar-refractivity contribution in [2.75, 3.05) is 13.7 Å². The molecule has 3 N–H and O–H groups in total. The quantitative estimate of drug-likeness (QED) is 0.606. The second-order valence-electron chi connectivity index (χ2n) is 10.8. The Balaban J connectivity index is 0.000000658. The minimum absolute atomic E-state index is 0.0454. The van der Waals surface area contributed by atoms with Crippen LogP contribution in [0.2, 0.25) is 0 Å². The number of hydrogen-bond acceptors (Lipinski definition) is 6. The van der Waals surface area contributed by atoms with E-state index in [1.54, 1.807) is 0 Å². The van der Waals surface area contributed by atoms with Crippen molar-refractivity contribution in [2.45, 2.75) is 78.0 Å². The van der Waals surface area contributed by atoms with Gasteiger partial charge in [0.05, 0.1) is 36.2 Å². The van der Waals surface area contributed by atoms with Crippen molar-refractivity contribution in [1.82, 2.24) is 14.9 Å². The lowest BCUT2D eigenvalue weighted by Gasteiger charge is -2.32. The van der Waals surface area contributed by atoms with Crippen LogP contribution in [0.1, 0.15) is 72.7 Å². The average Bonchev–Trinajstić information content (AvgIpc) is 3.52. The van der Waals surface area contributed by atoms with E-state index in [4.69, 9.17) is 9.31 Å². The van der Waals surface area contributed by atoms with E-state index in [1.165, 1.54) is 7.11 Å². The minimum Gasteiger partial charge on any atom is -0.453 e. The zero-order valence-corrected chi connectivity index (χ0v) is 22.5. The summed E-state index contributed by atoms with van der Waals surface area (Å²) in [5, 5.41) is 0. The summed E-state index contributed by atoms with van der Waals surface area (Å²) >= 11 is 0. The number of nitrogens with two attached hydrogens (primary N) is 1. The highest BCUT2D eigenvalue weighted by Gasteiger charge is 2.51. The largest absolute Gasteiger partial charge is 0.494 e. The molecule has 0 spiro atoms. The highest BCUT2D eigenvalue weighted by atomic mass is 16.7. The lowest BCUT2D eigenvalue weighted by molar-refractivity contribution is -0.133. The van der Waals surface area contributed by atoms with Crippen molar-refractivity contribution >= 4 is 24.6 Å². The van der Waals surface area contributed by atoms with Crippen LogP contribution in [0.25, 0.3) is 11.3 Å². The van der Waals surface area contributed by atoms with Crippen molar-refractivity contribution < 1.29 is 23.6 Å². The number of hydrogen-bond donors (Lipinski definition) is 2. The molecule has 36 heavy (non-hydrogen) atoms. The molecule has 2 aromatic rings. The Morgan fingerprint density at radius 3 is 2.31 bits per heavy atom. The van der Waals surface area contributed by atoms with Crippen LogP contribution in [0.3, 0.4) is 0 Å². The third-order valence-electron chi connectivity index (χ3n) is 7.02. The van der Waals surface area contributed by atoms with Gasteiger partial charge in [-0.1, -0.05) is 38.1 Å². The molecule has 1 aromatic heterocycles. The first-order valence-electron chi connectivity index (χ1n) is 12.5. The van der Waals surface area contributed by atoms with Crippen LogP contribution >= 0.6 is 0 Å². The molecule has 1 aromatic carbocycles. The maximum absolute atomic E-state index is 12.6. The SMILES string of the molecule is CC(C)CC(=O)N1CCCC1c1ncc(-c2ccc(B3OC(C)(C)C(C)(C)O3)cc2)[nH]1.COC(N)=O. The van der Waals surface area contributed by atoms with Gasteiger partial charge in [0.2, 0.25) is 5.91 Å². The van der Waals surface area contributed by atoms with Crippen LogP contribution in [-0.2, 0) is 18.8 Å². The lowest BCUT2D eigenvalue weighted by Crippen LogP contribution is -2.41. The number of benzene rings is 1. The fourth-order valence-electron chi connectivity index (χ4n) is 4.27. The number of carbonyl (C=O) groups excluding carboxylic acids is 2. The normalized spacial score (nSPS) is 20.3. The number of likely N-dealkylation sites (tertiary alicyclic amines) is 1. The van der Waals surface area contributed by atoms with Crippen molar-refractivity contribution in [3.63, 3.8) is 0 Å². The van der Waals surface area contributed by atoms with Gasteiger partial charge in [0.25, 0.3) is 0 Å². The van der Waals surface area contributed by atoms with Gasteiger partial charge >= 0.3 is 13.2 Å². The minimum atomic E-state index is -0.745. The molecule has 0 radical (unpaired) electrons. The van der Waals surface area contributed by atoms with E-state index in [-0.39, 0.29) is 30.3 Å². The van der Waals surface area contributed by atoms with Gasteiger partial charge in [-0.2, -0.15) is 0 Å². The molecule has 2 amide bonds. The lowest BCUT2D eigenvalue weighted by atomic mass is 9.79. The van der Waals surface area contributed by atoms with Crippen LogP contribution in [0.5, 0.6) is 0 Å². The summed E-state index contributed by atoms with van der Waals surface area (Å²) in [4.78, 5) is 32.1. The molecule has 196 valence electrons. The Hall–Kier alpha value is -2.85. The molecule has 10 heteroatoms. The van der Waals surface area contributed by atoms with Crippen LogP contribution in [0.4, 0.5) is 4.79 Å². The number of nitrogens with one attached hydrogen (secondary N) is 1. The van der Waals surface area contributed by atoms with Crippen LogP contribution in [0.15, 0.2) is 30.5 Å². The molecule has 0 saturated carbocycles. The van der Waals surface area contributed by atoms with Crippen LogP contribution < -0.4 is 11.2 Å². The van der Waals surface area contributed by atoms with Gasteiger partial charge < -0.3 is 29.7 Å². The molecule has 1 unspecified atom stereocenters. The number of H-pyrrole nitrogens is 1. The molecule has 2 fully saturated rings. The summed E-state index contributed by atoms with van der Waals surface area (Å²) in [5.41, 5.74) is 6.74. The number of primary amides is 1. The van der Waals surface area contributed by atoms with Gasteiger partial charge in [0.1, 0.15) is 5.82 Å². The summed E-state index contributed by atoms with van der Waals surface area (Å²) < 4.78 is 16.2. The molecule has 9 nitrogen and oxygen atoms in total. The number of nitrogens with zero attached hydrogens (tertiary/aromatic N) is 2. The second-order valence-corrected chi connectivity index (χ2v) is 10.8. The maximum atomic E-state index is 12.6. The molecule has 2 aliphatic heterocycles. The second kappa shape index (κ2) is 11.0. The first-order valence-corrected chi connectivity index (χ1v) is 12.5. The third kappa shape index (κ3) is 6.28. The molecule has 3 heterocycles. The Morgan fingerprint density at radius 1 is 1.19 bits per heavy atom. The van der Waals surface area contributed by atoms with Gasteiger partial charge in [-0.25, -0.2) is 9.78 Å². The highest BCUT2D eigenvalue weighted by molar-refractivity contribution is 6.62. The molecule has 0 bridgehead atoms. The third-order valence-corrected chi connectivity index (χ3v) is 7.02. The summed E-state index contributed by atoms with van der Waals surface area (Å²) in [6, 6.07) is 8.27.